The first-order chi connectivity index (χ1) is 7.51. The van der Waals surface area contributed by atoms with Crippen molar-refractivity contribution in [1.29, 1.82) is 0 Å². The summed E-state index contributed by atoms with van der Waals surface area (Å²) >= 11 is 0. The van der Waals surface area contributed by atoms with Crippen LogP contribution in [0.1, 0.15) is 27.2 Å². The zero-order chi connectivity index (χ0) is 12.3. The minimum absolute atomic E-state index is 0.0330. The third-order valence-electron chi connectivity index (χ3n) is 3.21. The summed E-state index contributed by atoms with van der Waals surface area (Å²) in [6.45, 7) is 7.36. The molecule has 0 bridgehead atoms. The molecule has 1 atom stereocenters. The molecule has 0 aromatic heterocycles. The van der Waals surface area contributed by atoms with Gasteiger partial charge in [0.25, 0.3) is 0 Å². The van der Waals surface area contributed by atoms with Crippen LogP contribution < -0.4 is 0 Å². The number of nitrogens with zero attached hydrogens (tertiary/aromatic N) is 2. The Bertz CT molecular complexity index is 274. The summed E-state index contributed by atoms with van der Waals surface area (Å²) in [6.07, 6.45) is 0.912. The van der Waals surface area contributed by atoms with Crippen molar-refractivity contribution in [3.05, 3.63) is 0 Å². The van der Waals surface area contributed by atoms with Gasteiger partial charge in [0.1, 0.15) is 0 Å². The highest BCUT2D eigenvalue weighted by Crippen LogP contribution is 2.19. The van der Waals surface area contributed by atoms with Crippen molar-refractivity contribution in [1.82, 2.24) is 9.80 Å². The van der Waals surface area contributed by atoms with Crippen LogP contribution in [0.4, 0.5) is 4.79 Å². The van der Waals surface area contributed by atoms with Crippen LogP contribution in [0, 0.1) is 5.92 Å². The van der Waals surface area contributed by atoms with E-state index in [4.69, 9.17) is 5.11 Å². The normalized spacial score (nSPS) is 17.8. The molecule has 0 aliphatic carbocycles. The number of carboxylic acid groups (broad SMARTS) is 1. The maximum atomic E-state index is 12.0. The first kappa shape index (κ1) is 12.8. The maximum Gasteiger partial charge on any atom is 0.320 e. The summed E-state index contributed by atoms with van der Waals surface area (Å²) in [5, 5.41) is 8.73. The van der Waals surface area contributed by atoms with Crippen LogP contribution >= 0.6 is 0 Å². The number of carboxylic acids is 1. The molecule has 1 saturated heterocycles. The average Bonchev–Trinajstić information content (AvgIpc) is 2.15. The van der Waals surface area contributed by atoms with E-state index in [1.807, 2.05) is 20.8 Å². The monoisotopic (exact) mass is 228 g/mol. The molecule has 1 rings (SSSR count). The Morgan fingerprint density at radius 2 is 2.00 bits per heavy atom. The predicted octanol–water partition coefficient (Wildman–Crippen LogP) is 1.24. The van der Waals surface area contributed by atoms with Gasteiger partial charge in [0.2, 0.25) is 0 Å². The molecule has 0 aromatic rings. The number of likely N-dealkylation sites (tertiary alicyclic amines) is 1. The largest absolute Gasteiger partial charge is 0.481 e. The van der Waals surface area contributed by atoms with Crippen LogP contribution in [-0.4, -0.2) is 52.6 Å². The molecule has 16 heavy (non-hydrogen) atoms. The third kappa shape index (κ3) is 2.46. The molecule has 2 amide bonds. The molecule has 1 aliphatic heterocycles. The van der Waals surface area contributed by atoms with Gasteiger partial charge in [0, 0.05) is 25.7 Å². The Balaban J connectivity index is 2.49. The van der Waals surface area contributed by atoms with Gasteiger partial charge < -0.3 is 14.9 Å². The number of hydrogen-bond donors (Lipinski definition) is 1. The van der Waals surface area contributed by atoms with Crippen molar-refractivity contribution in [2.75, 3.05) is 19.6 Å². The topological polar surface area (TPSA) is 60.9 Å². The van der Waals surface area contributed by atoms with E-state index in [1.54, 1.807) is 9.80 Å². The average molecular weight is 228 g/mol. The van der Waals surface area contributed by atoms with E-state index < -0.39 is 5.97 Å². The molecular formula is C11H20N2O3. The quantitative estimate of drug-likeness (QED) is 0.787. The highest BCUT2D eigenvalue weighted by molar-refractivity contribution is 5.80. The Morgan fingerprint density at radius 3 is 2.38 bits per heavy atom. The molecule has 0 aromatic carbocycles. The lowest BCUT2D eigenvalue weighted by Crippen LogP contribution is -2.58. The Kier molecular flexibility index (Phi) is 4.15. The first-order valence-corrected chi connectivity index (χ1v) is 5.79. The lowest BCUT2D eigenvalue weighted by Gasteiger charge is -2.41. The van der Waals surface area contributed by atoms with Crippen molar-refractivity contribution < 1.29 is 14.7 Å². The van der Waals surface area contributed by atoms with Crippen molar-refractivity contribution in [2.24, 2.45) is 5.92 Å². The van der Waals surface area contributed by atoms with E-state index >= 15 is 0 Å². The van der Waals surface area contributed by atoms with Gasteiger partial charge in [-0.1, -0.05) is 6.92 Å². The van der Waals surface area contributed by atoms with E-state index in [0.717, 1.165) is 6.42 Å². The second kappa shape index (κ2) is 5.18. The fourth-order valence-electron chi connectivity index (χ4n) is 1.83. The number of hydrogen-bond acceptors (Lipinski definition) is 2. The van der Waals surface area contributed by atoms with Crippen LogP contribution in [0.5, 0.6) is 0 Å². The first-order valence-electron chi connectivity index (χ1n) is 5.79. The molecule has 1 unspecified atom stereocenters. The SMILES string of the molecule is CCC(C)N(CC)C(=O)N1CC(C(=O)O)C1. The van der Waals surface area contributed by atoms with Crippen LogP contribution in [-0.2, 0) is 4.79 Å². The van der Waals surface area contributed by atoms with Crippen LogP contribution in [0.15, 0.2) is 0 Å². The van der Waals surface area contributed by atoms with Gasteiger partial charge in [0.15, 0.2) is 0 Å². The van der Waals surface area contributed by atoms with Crippen molar-refractivity contribution in [3.63, 3.8) is 0 Å². The Hall–Kier alpha value is -1.26. The summed E-state index contributed by atoms with van der Waals surface area (Å²) < 4.78 is 0. The van der Waals surface area contributed by atoms with Crippen LogP contribution in [0.25, 0.3) is 0 Å². The minimum Gasteiger partial charge on any atom is -0.481 e. The zero-order valence-electron chi connectivity index (χ0n) is 10.1. The summed E-state index contributed by atoms with van der Waals surface area (Å²) in [4.78, 5) is 26.0. The summed E-state index contributed by atoms with van der Waals surface area (Å²) in [5.74, 6) is -1.18. The summed E-state index contributed by atoms with van der Waals surface area (Å²) in [7, 11) is 0. The highest BCUT2D eigenvalue weighted by Gasteiger charge is 2.37. The van der Waals surface area contributed by atoms with Gasteiger partial charge >= 0.3 is 12.0 Å². The molecule has 92 valence electrons. The van der Waals surface area contributed by atoms with Crippen molar-refractivity contribution in [2.45, 2.75) is 33.2 Å². The number of carbonyl (C=O) groups excluding carboxylic acids is 1. The van der Waals surface area contributed by atoms with E-state index in [0.29, 0.717) is 19.6 Å². The van der Waals surface area contributed by atoms with Gasteiger partial charge in [-0.2, -0.15) is 0 Å². The van der Waals surface area contributed by atoms with Crippen LogP contribution in [0.2, 0.25) is 0 Å². The Labute approximate surface area is 96.0 Å². The molecule has 1 N–H and O–H groups in total. The van der Waals surface area contributed by atoms with Gasteiger partial charge in [-0.05, 0) is 20.3 Å². The number of amides is 2. The van der Waals surface area contributed by atoms with E-state index in [1.165, 1.54) is 0 Å². The Morgan fingerprint density at radius 1 is 1.44 bits per heavy atom. The fourth-order valence-corrected chi connectivity index (χ4v) is 1.83. The molecule has 5 nitrogen and oxygen atoms in total. The fraction of sp³-hybridized carbons (Fsp3) is 0.818. The van der Waals surface area contributed by atoms with E-state index in [9.17, 15) is 9.59 Å². The summed E-state index contributed by atoms with van der Waals surface area (Å²) in [6, 6.07) is 0.177. The van der Waals surface area contributed by atoms with Gasteiger partial charge in [-0.15, -0.1) is 0 Å². The minimum atomic E-state index is -0.810. The second-order valence-electron chi connectivity index (χ2n) is 4.27. The van der Waals surface area contributed by atoms with Gasteiger partial charge in [-0.25, -0.2) is 4.79 Å². The van der Waals surface area contributed by atoms with E-state index in [2.05, 4.69) is 0 Å². The van der Waals surface area contributed by atoms with Crippen molar-refractivity contribution in [3.8, 4) is 0 Å². The van der Waals surface area contributed by atoms with E-state index in [-0.39, 0.29) is 18.0 Å². The number of rotatable bonds is 4. The number of aliphatic carboxylic acids is 1. The van der Waals surface area contributed by atoms with Gasteiger partial charge in [0.05, 0.1) is 5.92 Å². The molecule has 0 saturated carbocycles. The molecular weight excluding hydrogens is 208 g/mol. The van der Waals surface area contributed by atoms with Crippen LogP contribution in [0.3, 0.4) is 0 Å². The smallest absolute Gasteiger partial charge is 0.320 e. The molecule has 0 spiro atoms. The highest BCUT2D eigenvalue weighted by atomic mass is 16.4. The third-order valence-corrected chi connectivity index (χ3v) is 3.21. The summed E-state index contributed by atoms with van der Waals surface area (Å²) in [5.41, 5.74) is 0. The predicted molar refractivity (Wildman–Crippen MR) is 60.2 cm³/mol. The second-order valence-corrected chi connectivity index (χ2v) is 4.27. The molecule has 1 aliphatic rings. The molecule has 1 heterocycles. The number of urea groups is 1. The molecule has 0 radical (unpaired) electrons. The number of carbonyl (C=O) groups is 2. The van der Waals surface area contributed by atoms with Crippen molar-refractivity contribution >= 4 is 12.0 Å². The molecule has 1 fully saturated rings. The molecule has 5 heteroatoms. The standard InChI is InChI=1S/C11H20N2O3/c1-4-8(3)13(5-2)11(16)12-6-9(7-12)10(14)15/h8-9H,4-7H2,1-3H3,(H,14,15). The maximum absolute atomic E-state index is 12.0. The zero-order valence-corrected chi connectivity index (χ0v) is 10.1. The lowest BCUT2D eigenvalue weighted by atomic mass is 10.0. The van der Waals surface area contributed by atoms with Gasteiger partial charge in [-0.3, -0.25) is 4.79 Å². The lowest BCUT2D eigenvalue weighted by molar-refractivity contribution is -0.146.